The van der Waals surface area contributed by atoms with Gasteiger partial charge in [-0.15, -0.1) is 6.42 Å². The zero-order valence-electron chi connectivity index (χ0n) is 13.3. The number of nitrogens with zero attached hydrogens (tertiary/aromatic N) is 2. The molecule has 2 aromatic carbocycles. The second kappa shape index (κ2) is 7.53. The van der Waals surface area contributed by atoms with Crippen LogP contribution in [0, 0.1) is 41.0 Å². The van der Waals surface area contributed by atoms with Crippen molar-refractivity contribution in [3.8, 4) is 12.3 Å². The van der Waals surface area contributed by atoms with Crippen LogP contribution in [0.3, 0.4) is 0 Å². The topological polar surface area (TPSA) is 63.5 Å². The van der Waals surface area contributed by atoms with Gasteiger partial charge < -0.3 is 4.90 Å². The van der Waals surface area contributed by atoms with Crippen molar-refractivity contribution in [2.75, 3.05) is 6.54 Å². The Labute approximate surface area is 143 Å². The molecule has 0 fully saturated rings. The molecular weight excluding hydrogens is 330 g/mol. The molecule has 0 saturated carbocycles. The molecule has 0 saturated heterocycles. The lowest BCUT2D eigenvalue weighted by molar-refractivity contribution is -0.385. The zero-order chi connectivity index (χ0) is 18.6. The molecular formula is C18H14F2N2O3. The van der Waals surface area contributed by atoms with Crippen LogP contribution in [0.4, 0.5) is 14.5 Å². The SMILES string of the molecule is C#CCN(Cc1ccc(F)cc1)C(=O)c1cc(F)c(C)c([N+](=O)[O-])c1. The molecule has 7 heteroatoms. The largest absolute Gasteiger partial charge is 0.323 e. The second-order valence-electron chi connectivity index (χ2n) is 5.35. The molecule has 0 spiro atoms. The Morgan fingerprint density at radius 2 is 1.92 bits per heavy atom. The fraction of sp³-hybridized carbons (Fsp3) is 0.167. The predicted octanol–water partition coefficient (Wildman–Crippen LogP) is 3.46. The summed E-state index contributed by atoms with van der Waals surface area (Å²) >= 11 is 0. The number of hydrogen-bond donors (Lipinski definition) is 0. The highest BCUT2D eigenvalue weighted by Gasteiger charge is 2.22. The average Bonchev–Trinajstić information content (AvgIpc) is 2.57. The van der Waals surface area contributed by atoms with Gasteiger partial charge in [0.05, 0.1) is 17.0 Å². The summed E-state index contributed by atoms with van der Waals surface area (Å²) in [4.78, 5) is 24.1. The zero-order valence-corrected chi connectivity index (χ0v) is 13.3. The molecule has 0 unspecified atom stereocenters. The minimum absolute atomic E-state index is 0.0621. The number of rotatable bonds is 5. The van der Waals surface area contributed by atoms with Crippen LogP contribution < -0.4 is 0 Å². The molecule has 0 aliphatic heterocycles. The minimum atomic E-state index is -0.847. The highest BCUT2D eigenvalue weighted by atomic mass is 19.1. The van der Waals surface area contributed by atoms with Crippen molar-refractivity contribution in [2.24, 2.45) is 0 Å². The van der Waals surface area contributed by atoms with E-state index in [1.165, 1.54) is 36.1 Å². The third kappa shape index (κ3) is 4.18. The molecule has 0 radical (unpaired) electrons. The maximum atomic E-state index is 13.9. The quantitative estimate of drug-likeness (QED) is 0.474. The van der Waals surface area contributed by atoms with E-state index in [0.717, 1.165) is 12.1 Å². The van der Waals surface area contributed by atoms with E-state index in [1.54, 1.807) is 0 Å². The number of benzene rings is 2. The normalized spacial score (nSPS) is 10.2. The van der Waals surface area contributed by atoms with Crippen LogP contribution in [-0.2, 0) is 6.54 Å². The smallest absolute Gasteiger partial charge is 0.276 e. The van der Waals surface area contributed by atoms with Gasteiger partial charge in [0.15, 0.2) is 0 Å². The Morgan fingerprint density at radius 3 is 2.48 bits per heavy atom. The number of halogens is 2. The van der Waals surface area contributed by atoms with Crippen LogP contribution in [0.2, 0.25) is 0 Å². The number of carbonyl (C=O) groups excluding carboxylic acids is 1. The van der Waals surface area contributed by atoms with E-state index in [-0.39, 0.29) is 24.2 Å². The number of nitro benzene ring substituents is 1. The standard InChI is InChI=1S/C18H14F2N2O3/c1-3-8-21(11-13-4-6-15(19)7-5-13)18(23)14-9-16(20)12(2)17(10-14)22(24)25/h1,4-7,9-10H,8,11H2,2H3. The highest BCUT2D eigenvalue weighted by Crippen LogP contribution is 2.24. The van der Waals surface area contributed by atoms with E-state index in [1.807, 2.05) is 0 Å². The number of nitro groups is 1. The van der Waals surface area contributed by atoms with Crippen molar-refractivity contribution in [1.29, 1.82) is 0 Å². The van der Waals surface area contributed by atoms with Crippen molar-refractivity contribution in [3.05, 3.63) is 74.8 Å². The average molecular weight is 344 g/mol. The fourth-order valence-electron chi connectivity index (χ4n) is 2.28. The summed E-state index contributed by atoms with van der Waals surface area (Å²) in [5.41, 5.74) is -0.186. The molecule has 0 aromatic heterocycles. The van der Waals surface area contributed by atoms with Crippen LogP contribution in [-0.4, -0.2) is 22.3 Å². The summed E-state index contributed by atoms with van der Waals surface area (Å²) < 4.78 is 26.9. The van der Waals surface area contributed by atoms with E-state index >= 15 is 0 Å². The maximum Gasteiger partial charge on any atom is 0.276 e. The minimum Gasteiger partial charge on any atom is -0.323 e. The first-order valence-corrected chi connectivity index (χ1v) is 7.25. The third-order valence-corrected chi connectivity index (χ3v) is 3.62. The van der Waals surface area contributed by atoms with Crippen LogP contribution in [0.5, 0.6) is 0 Å². The first-order chi connectivity index (χ1) is 11.8. The van der Waals surface area contributed by atoms with Crippen LogP contribution in [0.15, 0.2) is 36.4 Å². The Bertz CT molecular complexity index is 858. The summed E-state index contributed by atoms with van der Waals surface area (Å²) in [6, 6.07) is 7.43. The molecule has 0 bridgehead atoms. The van der Waals surface area contributed by atoms with Gasteiger partial charge in [0.2, 0.25) is 0 Å². The predicted molar refractivity (Wildman–Crippen MR) is 87.8 cm³/mol. The van der Waals surface area contributed by atoms with Gasteiger partial charge in [-0.3, -0.25) is 14.9 Å². The van der Waals surface area contributed by atoms with Crippen molar-refractivity contribution < 1.29 is 18.5 Å². The van der Waals surface area contributed by atoms with Crippen molar-refractivity contribution in [1.82, 2.24) is 4.90 Å². The number of amides is 1. The van der Waals surface area contributed by atoms with Crippen LogP contribution >= 0.6 is 0 Å². The van der Waals surface area contributed by atoms with Gasteiger partial charge in [0, 0.05) is 18.2 Å². The van der Waals surface area contributed by atoms with Gasteiger partial charge in [0.25, 0.3) is 11.6 Å². The highest BCUT2D eigenvalue weighted by molar-refractivity contribution is 5.95. The number of terminal acetylenes is 1. The molecule has 0 N–H and O–H groups in total. The molecule has 0 heterocycles. The van der Waals surface area contributed by atoms with Crippen molar-refractivity contribution in [3.63, 3.8) is 0 Å². The van der Waals surface area contributed by atoms with Gasteiger partial charge in [0.1, 0.15) is 11.6 Å². The fourth-order valence-corrected chi connectivity index (χ4v) is 2.28. The summed E-state index contributed by atoms with van der Waals surface area (Å²) in [6.07, 6.45) is 5.27. The van der Waals surface area contributed by atoms with E-state index in [4.69, 9.17) is 6.42 Å². The lowest BCUT2D eigenvalue weighted by Gasteiger charge is -2.20. The summed E-state index contributed by atoms with van der Waals surface area (Å²) in [5, 5.41) is 11.0. The second-order valence-corrected chi connectivity index (χ2v) is 5.35. The Kier molecular flexibility index (Phi) is 5.45. The maximum absolute atomic E-state index is 13.9. The molecule has 5 nitrogen and oxygen atoms in total. The molecule has 0 aliphatic rings. The first-order valence-electron chi connectivity index (χ1n) is 7.25. The van der Waals surface area contributed by atoms with Crippen molar-refractivity contribution >= 4 is 11.6 Å². The summed E-state index contributed by atoms with van der Waals surface area (Å²) in [5.74, 6) is 0.399. The van der Waals surface area contributed by atoms with E-state index < -0.39 is 28.2 Å². The van der Waals surface area contributed by atoms with E-state index in [9.17, 15) is 23.7 Å². The first kappa shape index (κ1) is 18.1. The number of carbonyl (C=O) groups is 1. The monoisotopic (exact) mass is 344 g/mol. The Morgan fingerprint density at radius 1 is 1.28 bits per heavy atom. The molecule has 0 atom stereocenters. The van der Waals surface area contributed by atoms with E-state index in [2.05, 4.69) is 5.92 Å². The van der Waals surface area contributed by atoms with Crippen LogP contribution in [0.1, 0.15) is 21.5 Å². The summed E-state index contributed by atoms with van der Waals surface area (Å²) in [7, 11) is 0. The van der Waals surface area contributed by atoms with Gasteiger partial charge >= 0.3 is 0 Å². The van der Waals surface area contributed by atoms with Crippen LogP contribution in [0.25, 0.3) is 0 Å². The van der Waals surface area contributed by atoms with Gasteiger partial charge in [-0.2, -0.15) is 0 Å². The molecule has 128 valence electrons. The molecule has 2 aromatic rings. The van der Waals surface area contributed by atoms with Gasteiger partial charge in [-0.25, -0.2) is 8.78 Å². The molecule has 2 rings (SSSR count). The van der Waals surface area contributed by atoms with Crippen molar-refractivity contribution in [2.45, 2.75) is 13.5 Å². The molecule has 25 heavy (non-hydrogen) atoms. The van der Waals surface area contributed by atoms with E-state index in [0.29, 0.717) is 5.56 Å². The summed E-state index contributed by atoms with van der Waals surface area (Å²) in [6.45, 7) is 1.24. The van der Waals surface area contributed by atoms with Gasteiger partial charge in [-0.05, 0) is 30.7 Å². The Balaban J connectivity index is 2.36. The lowest BCUT2D eigenvalue weighted by atomic mass is 10.1. The number of hydrogen-bond acceptors (Lipinski definition) is 3. The Hall–Kier alpha value is -3.27. The lowest BCUT2D eigenvalue weighted by Crippen LogP contribution is -2.31. The molecule has 0 aliphatic carbocycles. The van der Waals surface area contributed by atoms with Gasteiger partial charge in [-0.1, -0.05) is 18.1 Å². The molecule has 1 amide bonds. The third-order valence-electron chi connectivity index (χ3n) is 3.62.